The van der Waals surface area contributed by atoms with Crippen LogP contribution in [0.15, 0.2) is 24.3 Å². The molecule has 0 aliphatic carbocycles. The van der Waals surface area contributed by atoms with Gasteiger partial charge in [0.25, 0.3) is 0 Å². The number of rotatable bonds is 11. The minimum absolute atomic E-state index is 0.171. The zero-order valence-corrected chi connectivity index (χ0v) is 17.5. The molecule has 1 unspecified atom stereocenters. The van der Waals surface area contributed by atoms with Crippen LogP contribution >= 0.6 is 0 Å². The molecule has 152 valence electrons. The van der Waals surface area contributed by atoms with Gasteiger partial charge >= 0.3 is 0 Å². The molecule has 2 N–H and O–H groups in total. The third-order valence-electron chi connectivity index (χ3n) is 5.46. The fourth-order valence-electron chi connectivity index (χ4n) is 3.62. The van der Waals surface area contributed by atoms with Crippen LogP contribution in [0.1, 0.15) is 64.4 Å². The number of benzene rings is 1. The Morgan fingerprint density at radius 2 is 1.74 bits per heavy atom. The molecule has 1 aliphatic rings. The Morgan fingerprint density at radius 1 is 1.11 bits per heavy atom. The molecule has 0 aromatic heterocycles. The maximum atomic E-state index is 11.8. The minimum Gasteiger partial charge on any atom is -0.368 e. The molecule has 1 aromatic rings. The van der Waals surface area contributed by atoms with Crippen LogP contribution in [0.5, 0.6) is 0 Å². The van der Waals surface area contributed by atoms with Gasteiger partial charge in [0.1, 0.15) is 6.04 Å². The van der Waals surface area contributed by atoms with Gasteiger partial charge in [0.15, 0.2) is 9.84 Å². The molecule has 1 amide bonds. The maximum Gasteiger partial charge on any atom is 0.240 e. The number of hydrogen-bond donors (Lipinski definition) is 1. The summed E-state index contributed by atoms with van der Waals surface area (Å²) in [5, 5.41) is -0.265. The molecule has 27 heavy (non-hydrogen) atoms. The van der Waals surface area contributed by atoms with Gasteiger partial charge in [-0.15, -0.1) is 0 Å². The second kappa shape index (κ2) is 10.1. The zero-order valence-electron chi connectivity index (χ0n) is 16.7. The molecule has 1 aliphatic heterocycles. The number of unbranched alkanes of at least 4 members (excludes halogenated alkanes) is 4. The molecule has 0 bridgehead atoms. The summed E-state index contributed by atoms with van der Waals surface area (Å²) in [5.74, 6) is 0.0762. The van der Waals surface area contributed by atoms with E-state index in [-0.39, 0.29) is 17.2 Å². The van der Waals surface area contributed by atoms with E-state index in [1.54, 1.807) is 13.8 Å². The number of hydrogen-bond acceptors (Lipinski definition) is 4. The second-order valence-corrected chi connectivity index (χ2v) is 10.5. The van der Waals surface area contributed by atoms with Gasteiger partial charge in [0.05, 0.1) is 11.0 Å². The quantitative estimate of drug-likeness (QED) is 0.583. The van der Waals surface area contributed by atoms with Gasteiger partial charge in [-0.1, -0.05) is 31.4 Å². The van der Waals surface area contributed by atoms with Crippen molar-refractivity contribution < 1.29 is 13.2 Å². The van der Waals surface area contributed by atoms with E-state index in [1.165, 1.54) is 5.56 Å². The zero-order chi connectivity index (χ0) is 19.9. The summed E-state index contributed by atoms with van der Waals surface area (Å²) < 4.78 is 23.5. The van der Waals surface area contributed by atoms with E-state index in [4.69, 9.17) is 5.73 Å². The van der Waals surface area contributed by atoms with E-state index in [1.807, 2.05) is 0 Å². The topological polar surface area (TPSA) is 80.5 Å². The standard InChI is InChI=1S/C21H34N2O3S/c1-17(2)27(25,26)16-7-5-3-4-6-9-18-11-13-19(14-12-18)23-15-8-10-20(23)21(22)24/h11-14,17,20H,3-10,15-16H2,1-2H3,(H2,22,24). The van der Waals surface area contributed by atoms with Crippen molar-refractivity contribution in [1.82, 2.24) is 0 Å². The molecule has 1 atom stereocenters. The molecule has 1 heterocycles. The highest BCUT2D eigenvalue weighted by atomic mass is 32.2. The monoisotopic (exact) mass is 394 g/mol. The fourth-order valence-corrected chi connectivity index (χ4v) is 4.70. The Labute approximate surface area is 164 Å². The van der Waals surface area contributed by atoms with Crippen LogP contribution in [-0.2, 0) is 21.1 Å². The first-order valence-corrected chi connectivity index (χ1v) is 11.9. The number of aryl methyl sites for hydroxylation is 1. The van der Waals surface area contributed by atoms with Gasteiger partial charge in [-0.3, -0.25) is 4.79 Å². The number of primary amides is 1. The summed E-state index contributed by atoms with van der Waals surface area (Å²) in [4.78, 5) is 13.6. The van der Waals surface area contributed by atoms with Crippen LogP contribution in [-0.4, -0.2) is 37.9 Å². The molecule has 5 nitrogen and oxygen atoms in total. The Morgan fingerprint density at radius 3 is 2.37 bits per heavy atom. The molecular formula is C21H34N2O3S. The number of amides is 1. The largest absolute Gasteiger partial charge is 0.368 e. The van der Waals surface area contributed by atoms with Crippen molar-refractivity contribution >= 4 is 21.4 Å². The van der Waals surface area contributed by atoms with Crippen molar-refractivity contribution in [2.75, 3.05) is 17.2 Å². The smallest absolute Gasteiger partial charge is 0.240 e. The average molecular weight is 395 g/mol. The molecule has 2 rings (SSSR count). The van der Waals surface area contributed by atoms with Gasteiger partial charge in [-0.05, 0) is 63.6 Å². The number of carbonyl (C=O) groups excluding carboxylic acids is 1. The highest BCUT2D eigenvalue weighted by Crippen LogP contribution is 2.26. The normalized spacial score (nSPS) is 17.6. The van der Waals surface area contributed by atoms with Gasteiger partial charge in [0.2, 0.25) is 5.91 Å². The summed E-state index contributed by atoms with van der Waals surface area (Å²) in [6.07, 6.45) is 7.96. The first-order valence-electron chi connectivity index (χ1n) is 10.2. The maximum absolute atomic E-state index is 11.8. The Hall–Kier alpha value is -1.56. The van der Waals surface area contributed by atoms with E-state index in [0.29, 0.717) is 5.75 Å². The number of nitrogens with zero attached hydrogens (tertiary/aromatic N) is 1. The van der Waals surface area contributed by atoms with Gasteiger partial charge in [-0.2, -0.15) is 0 Å². The van der Waals surface area contributed by atoms with Gasteiger partial charge in [0, 0.05) is 12.2 Å². The number of sulfone groups is 1. The lowest BCUT2D eigenvalue weighted by atomic mass is 10.0. The van der Waals surface area contributed by atoms with Crippen molar-refractivity contribution in [2.24, 2.45) is 5.73 Å². The molecular weight excluding hydrogens is 360 g/mol. The third-order valence-corrected chi connectivity index (χ3v) is 7.76. The van der Waals surface area contributed by atoms with Gasteiger partial charge in [-0.25, -0.2) is 8.42 Å². The van der Waals surface area contributed by atoms with Crippen LogP contribution in [0.2, 0.25) is 0 Å². The van der Waals surface area contributed by atoms with E-state index in [0.717, 1.165) is 63.6 Å². The van der Waals surface area contributed by atoms with E-state index >= 15 is 0 Å². The summed E-state index contributed by atoms with van der Waals surface area (Å²) >= 11 is 0. The summed E-state index contributed by atoms with van der Waals surface area (Å²) in [5.41, 5.74) is 7.87. The predicted molar refractivity (Wildman–Crippen MR) is 112 cm³/mol. The van der Waals surface area contributed by atoms with Gasteiger partial charge < -0.3 is 10.6 Å². The van der Waals surface area contributed by atoms with Crippen molar-refractivity contribution in [3.8, 4) is 0 Å². The van der Waals surface area contributed by atoms with Crippen LogP contribution in [0.25, 0.3) is 0 Å². The predicted octanol–water partition coefficient (Wildman–Crippen LogP) is 3.46. The molecule has 6 heteroatoms. The first kappa shape index (κ1) is 21.7. The van der Waals surface area contributed by atoms with Crippen LogP contribution in [0.4, 0.5) is 5.69 Å². The number of carbonyl (C=O) groups is 1. The van der Waals surface area contributed by atoms with Crippen molar-refractivity contribution in [3.63, 3.8) is 0 Å². The lowest BCUT2D eigenvalue weighted by molar-refractivity contribution is -0.119. The third kappa shape index (κ3) is 6.52. The summed E-state index contributed by atoms with van der Waals surface area (Å²) in [7, 11) is -2.89. The highest BCUT2D eigenvalue weighted by molar-refractivity contribution is 7.91. The van der Waals surface area contributed by atoms with Crippen molar-refractivity contribution in [1.29, 1.82) is 0 Å². The first-order chi connectivity index (χ1) is 12.8. The molecule has 0 radical (unpaired) electrons. The molecule has 1 fully saturated rings. The van der Waals surface area contributed by atoms with E-state index in [2.05, 4.69) is 29.2 Å². The molecule has 1 aromatic carbocycles. The molecule has 0 saturated carbocycles. The fraction of sp³-hybridized carbons (Fsp3) is 0.667. The second-order valence-electron chi connectivity index (χ2n) is 7.85. The lowest BCUT2D eigenvalue weighted by Gasteiger charge is -2.24. The molecule has 1 saturated heterocycles. The van der Waals surface area contributed by atoms with Crippen molar-refractivity contribution in [3.05, 3.63) is 29.8 Å². The van der Waals surface area contributed by atoms with E-state index in [9.17, 15) is 13.2 Å². The SMILES string of the molecule is CC(C)S(=O)(=O)CCCCCCCc1ccc(N2CCCC2C(N)=O)cc1. The Kier molecular flexibility index (Phi) is 8.14. The summed E-state index contributed by atoms with van der Waals surface area (Å²) in [6, 6.07) is 8.29. The molecule has 0 spiro atoms. The van der Waals surface area contributed by atoms with Crippen LogP contribution in [0, 0.1) is 0 Å². The average Bonchev–Trinajstić information content (AvgIpc) is 3.11. The van der Waals surface area contributed by atoms with E-state index < -0.39 is 9.84 Å². The number of anilines is 1. The van der Waals surface area contributed by atoms with Crippen LogP contribution < -0.4 is 10.6 Å². The number of nitrogens with two attached hydrogens (primary N) is 1. The lowest BCUT2D eigenvalue weighted by Crippen LogP contribution is -2.40. The Balaban J connectivity index is 1.67. The minimum atomic E-state index is -2.89. The van der Waals surface area contributed by atoms with Crippen molar-refractivity contribution in [2.45, 2.75) is 76.5 Å². The Bertz CT molecular complexity index is 699. The van der Waals surface area contributed by atoms with Crippen LogP contribution in [0.3, 0.4) is 0 Å². The summed E-state index contributed by atoms with van der Waals surface area (Å²) in [6.45, 7) is 4.39. The highest BCUT2D eigenvalue weighted by Gasteiger charge is 2.28.